The van der Waals surface area contributed by atoms with E-state index in [1.807, 2.05) is 12.1 Å². The molecule has 0 atom stereocenters. The van der Waals surface area contributed by atoms with Crippen molar-refractivity contribution in [1.82, 2.24) is 0 Å². The van der Waals surface area contributed by atoms with Gasteiger partial charge in [0.25, 0.3) is 5.97 Å². The molecule has 0 aliphatic heterocycles. The van der Waals surface area contributed by atoms with E-state index >= 15 is 0 Å². The number of hydrogen-bond donors (Lipinski definition) is 4. The number of methoxy groups -OCH3 is 1. The third-order valence-electron chi connectivity index (χ3n) is 8.93. The van der Waals surface area contributed by atoms with Gasteiger partial charge in [-0.1, -0.05) is 154 Å². The monoisotopic (exact) mass is 739 g/mol. The minimum absolute atomic E-state index is 0.108. The van der Waals surface area contributed by atoms with Crippen LogP contribution in [0.25, 0.3) is 0 Å². The van der Waals surface area contributed by atoms with Gasteiger partial charge in [-0.3, -0.25) is 14.4 Å². The minimum Gasteiger partial charge on any atom is -0.504 e. The average Bonchev–Trinajstić information content (AvgIpc) is 3.08. The number of benzene rings is 1. The fourth-order valence-corrected chi connectivity index (χ4v) is 7.16. The topological polar surface area (TPSA) is 141 Å². The van der Waals surface area contributed by atoms with Crippen LogP contribution in [0, 0.1) is 5.41 Å². The summed E-state index contributed by atoms with van der Waals surface area (Å²) in [5, 5.41) is 35.8. The van der Waals surface area contributed by atoms with E-state index in [9.17, 15) is 19.8 Å². The number of carboxylic acid groups (broad SMARTS) is 3. The van der Waals surface area contributed by atoms with E-state index in [1.54, 1.807) is 12.1 Å². The Morgan fingerprint density at radius 3 is 1.51 bits per heavy atom. The van der Waals surface area contributed by atoms with Crippen molar-refractivity contribution < 1.29 is 39.5 Å². The summed E-state index contributed by atoms with van der Waals surface area (Å²) in [6, 6.07) is 5.27. The summed E-state index contributed by atoms with van der Waals surface area (Å²) in [7, 11) is 1.53. The zero-order chi connectivity index (χ0) is 38.6. The van der Waals surface area contributed by atoms with Crippen LogP contribution in [0.15, 0.2) is 30.9 Å². The molecule has 1 aromatic carbocycles. The molecule has 8 nitrogen and oxygen atoms in total. The number of carbonyl (C=O) groups is 3. The van der Waals surface area contributed by atoms with Crippen LogP contribution in [0.5, 0.6) is 11.5 Å². The third kappa shape index (κ3) is 31.8. The van der Waals surface area contributed by atoms with Crippen LogP contribution in [0.3, 0.4) is 0 Å². The Labute approximate surface area is 315 Å². The summed E-state index contributed by atoms with van der Waals surface area (Å²) < 4.78 is 4.95. The molecule has 0 aromatic heterocycles. The van der Waals surface area contributed by atoms with Gasteiger partial charge in [0.2, 0.25) is 0 Å². The molecule has 4 N–H and O–H groups in total. The Bertz CT molecular complexity index is 985. The van der Waals surface area contributed by atoms with Gasteiger partial charge < -0.3 is 25.2 Å². The summed E-state index contributed by atoms with van der Waals surface area (Å²) in [5.41, 5.74) is 0.392. The summed E-state index contributed by atoms with van der Waals surface area (Å²) in [6.45, 7) is 9.21. The molecule has 0 aliphatic carbocycles. The van der Waals surface area contributed by atoms with E-state index in [2.05, 4.69) is 20.4 Å². The van der Waals surface area contributed by atoms with Crippen molar-refractivity contribution in [3.63, 3.8) is 0 Å². The Morgan fingerprint density at radius 2 is 1.16 bits per heavy atom. The van der Waals surface area contributed by atoms with Gasteiger partial charge in [0.05, 0.1) is 18.9 Å². The highest BCUT2D eigenvalue weighted by Crippen LogP contribution is 2.36. The number of allylic oxidation sites excluding steroid dienone is 1. The van der Waals surface area contributed by atoms with Crippen LogP contribution in [-0.2, 0) is 20.8 Å². The predicted molar refractivity (Wildman–Crippen MR) is 214 cm³/mol. The van der Waals surface area contributed by atoms with E-state index in [0.717, 1.165) is 57.4 Å². The molecule has 0 radical (unpaired) electrons. The number of hydrogen-bond acceptors (Lipinski definition) is 6. The Morgan fingerprint density at radius 1 is 0.745 bits per heavy atom. The van der Waals surface area contributed by atoms with Crippen molar-refractivity contribution in [2.24, 2.45) is 5.41 Å². The second-order valence-corrected chi connectivity index (χ2v) is 14.8. The lowest BCUT2D eigenvalue weighted by Gasteiger charge is -2.29. The van der Waals surface area contributed by atoms with E-state index < -0.39 is 23.3 Å². The Hall–Kier alpha value is -2.68. The maximum atomic E-state index is 12.4. The van der Waals surface area contributed by atoms with Crippen molar-refractivity contribution in [3.8, 4) is 11.5 Å². The number of carboxylic acids is 3. The lowest BCUT2D eigenvalue weighted by Crippen LogP contribution is -2.34. The predicted octanol–water partition coefficient (Wildman–Crippen LogP) is 12.1. The summed E-state index contributed by atoms with van der Waals surface area (Å²) in [5.74, 6) is -0.583. The molecular weight excluding hydrogens is 665 g/mol. The molecule has 0 bridgehead atoms. The molecule has 51 heavy (non-hydrogen) atoms. The molecule has 296 valence electrons. The van der Waals surface area contributed by atoms with Crippen LogP contribution >= 0.6 is 11.8 Å². The van der Waals surface area contributed by atoms with E-state index in [1.165, 1.54) is 122 Å². The number of thioether (sulfide) groups is 1. The fourth-order valence-electron chi connectivity index (χ4n) is 5.89. The van der Waals surface area contributed by atoms with Crippen molar-refractivity contribution >= 4 is 29.7 Å². The second kappa shape index (κ2) is 35.7. The van der Waals surface area contributed by atoms with Gasteiger partial charge in [-0.15, -0.1) is 6.58 Å². The van der Waals surface area contributed by atoms with Gasteiger partial charge in [-0.25, -0.2) is 0 Å². The van der Waals surface area contributed by atoms with E-state index in [0.29, 0.717) is 17.3 Å². The lowest BCUT2D eigenvalue weighted by atomic mass is 9.79. The van der Waals surface area contributed by atoms with Crippen molar-refractivity contribution in [2.75, 3.05) is 18.6 Å². The van der Waals surface area contributed by atoms with Gasteiger partial charge >= 0.3 is 11.9 Å². The fraction of sp³-hybridized carbons (Fsp3) is 0.738. The molecule has 0 saturated carbocycles. The largest absolute Gasteiger partial charge is 0.504 e. The van der Waals surface area contributed by atoms with Gasteiger partial charge in [-0.05, 0) is 37.0 Å². The first-order valence-electron chi connectivity index (χ1n) is 19.7. The number of aliphatic carboxylic acids is 3. The maximum absolute atomic E-state index is 12.4. The van der Waals surface area contributed by atoms with Gasteiger partial charge in [0.1, 0.15) is 0 Å². The number of unbranched alkanes of at least 4 members (excludes halogenated alkanes) is 18. The molecular formula is C42H74O8S. The molecule has 0 amide bonds. The van der Waals surface area contributed by atoms with Crippen molar-refractivity contribution in [2.45, 2.75) is 175 Å². The summed E-state index contributed by atoms with van der Waals surface area (Å²) in [6.07, 6.45) is 29.2. The molecule has 0 aliphatic rings. The third-order valence-corrected chi connectivity index (χ3v) is 10.2. The average molecular weight is 739 g/mol. The number of ether oxygens (including phenoxy) is 1. The first-order chi connectivity index (χ1) is 24.5. The van der Waals surface area contributed by atoms with Crippen LogP contribution in [0.1, 0.15) is 174 Å². The van der Waals surface area contributed by atoms with E-state index in [-0.39, 0.29) is 12.2 Å². The normalized spacial score (nSPS) is 10.7. The van der Waals surface area contributed by atoms with E-state index in [4.69, 9.17) is 19.7 Å². The highest BCUT2D eigenvalue weighted by atomic mass is 32.2. The van der Waals surface area contributed by atoms with Crippen LogP contribution in [0.2, 0.25) is 0 Å². The van der Waals surface area contributed by atoms with Crippen LogP contribution < -0.4 is 4.74 Å². The quantitative estimate of drug-likeness (QED) is 0.0432. The Kier molecular flexibility index (Phi) is 35.3. The molecule has 0 saturated heterocycles. The highest BCUT2D eigenvalue weighted by Gasteiger charge is 2.37. The maximum Gasteiger partial charge on any atom is 0.310 e. The zero-order valence-corrected chi connectivity index (χ0v) is 33.5. The molecule has 1 rings (SSSR count). The number of phenols is 1. The van der Waals surface area contributed by atoms with Crippen molar-refractivity contribution in [3.05, 3.63) is 36.4 Å². The minimum atomic E-state index is -0.833. The number of phenolic OH excluding ortho intramolecular Hbond substituents is 1. The molecule has 0 fully saturated rings. The number of aromatic hydroxyl groups is 1. The first-order valence-corrected chi connectivity index (χ1v) is 20.8. The molecule has 0 spiro atoms. The second-order valence-electron chi connectivity index (χ2n) is 13.7. The molecule has 0 heterocycles. The van der Waals surface area contributed by atoms with Gasteiger partial charge in [-0.2, -0.15) is 11.8 Å². The van der Waals surface area contributed by atoms with Crippen LogP contribution in [0.4, 0.5) is 0 Å². The highest BCUT2D eigenvalue weighted by molar-refractivity contribution is 7.99. The number of rotatable bonds is 31. The molecule has 9 heteroatoms. The summed E-state index contributed by atoms with van der Waals surface area (Å²) >= 11 is 1.52. The zero-order valence-electron chi connectivity index (χ0n) is 32.7. The smallest absolute Gasteiger partial charge is 0.310 e. The Balaban J connectivity index is 0. The SMILES string of the molecule is C=CCc1ccc(O)c(OC)c1.CC(=O)O.CCCCCCCCCCCCC(CCCCCCCCCCCC)(CSCCC(=O)O)C(=O)O. The molecule has 0 unspecified atom stereocenters. The standard InChI is InChI=1S/C30H58O4S.C10H12O2.C2H4O2/c1-3-5-7-9-11-13-15-17-19-21-24-30(29(33)34,27-35-26-23-28(31)32)25-22-20-18-16-14-12-10-8-6-4-2;1-3-4-8-5-6-9(11)10(7-8)12-2;1-2(3)4/h3-27H2,1-2H3,(H,31,32)(H,33,34);3,5-7,11H,1,4H2,2H3;1H3,(H,3,4). The first kappa shape index (κ1) is 50.4. The van der Waals surface area contributed by atoms with Crippen LogP contribution in [-0.4, -0.2) is 56.9 Å². The van der Waals surface area contributed by atoms with Gasteiger partial charge in [0, 0.05) is 18.4 Å². The van der Waals surface area contributed by atoms with Crippen molar-refractivity contribution in [1.29, 1.82) is 0 Å². The summed E-state index contributed by atoms with van der Waals surface area (Å²) in [4.78, 5) is 32.3. The molecule has 1 aromatic rings. The lowest BCUT2D eigenvalue weighted by molar-refractivity contribution is -0.148. The van der Waals surface area contributed by atoms with Gasteiger partial charge in [0.15, 0.2) is 11.5 Å².